The number of nitrogens with one attached hydrogen (secondary N) is 1. The molecule has 1 aliphatic carbocycles. The van der Waals surface area contributed by atoms with Crippen LogP contribution in [0.2, 0.25) is 0 Å². The van der Waals surface area contributed by atoms with E-state index in [9.17, 15) is 9.59 Å². The summed E-state index contributed by atoms with van der Waals surface area (Å²) in [4.78, 5) is 25.6. The highest BCUT2D eigenvalue weighted by Gasteiger charge is 2.20. The van der Waals surface area contributed by atoms with Crippen LogP contribution >= 0.6 is 0 Å². The van der Waals surface area contributed by atoms with E-state index in [1.54, 1.807) is 20.3 Å². The van der Waals surface area contributed by atoms with Crippen molar-refractivity contribution < 1.29 is 19.1 Å². The first-order valence-electron chi connectivity index (χ1n) is 8.29. The quantitative estimate of drug-likeness (QED) is 0.829. The molecule has 0 bridgehead atoms. The number of hydrogen-bond acceptors (Lipinski definition) is 4. The molecule has 2 rings (SSSR count). The van der Waals surface area contributed by atoms with Crippen molar-refractivity contribution in [3.8, 4) is 11.5 Å². The Balaban J connectivity index is 2.00. The first-order valence-corrected chi connectivity index (χ1v) is 8.29. The Morgan fingerprint density at radius 1 is 1.17 bits per heavy atom. The van der Waals surface area contributed by atoms with Gasteiger partial charge >= 0.3 is 0 Å². The van der Waals surface area contributed by atoms with Gasteiger partial charge in [-0.15, -0.1) is 0 Å². The standard InChI is InChI=1S/C18H26N2O4/c1-13(21)20(12-18(22)19-15-6-4-5-7-15)11-14-8-9-16(23-2)17(10-14)24-3/h8-10,15H,4-7,11-12H2,1-3H3,(H,19,22). The van der Waals surface area contributed by atoms with Gasteiger partial charge in [0.2, 0.25) is 11.8 Å². The fraction of sp³-hybridized carbons (Fsp3) is 0.556. The Kier molecular flexibility index (Phi) is 6.46. The zero-order chi connectivity index (χ0) is 17.5. The normalized spacial score (nSPS) is 14.3. The molecule has 0 saturated heterocycles. The molecule has 0 spiro atoms. The van der Waals surface area contributed by atoms with Crippen LogP contribution in [0.4, 0.5) is 0 Å². The van der Waals surface area contributed by atoms with Crippen LogP contribution in [0.3, 0.4) is 0 Å². The Morgan fingerprint density at radius 3 is 2.42 bits per heavy atom. The maximum atomic E-state index is 12.2. The van der Waals surface area contributed by atoms with E-state index < -0.39 is 0 Å². The van der Waals surface area contributed by atoms with E-state index >= 15 is 0 Å². The van der Waals surface area contributed by atoms with Crippen molar-refractivity contribution in [2.45, 2.75) is 45.2 Å². The minimum absolute atomic E-state index is 0.0696. The maximum absolute atomic E-state index is 12.2. The predicted molar refractivity (Wildman–Crippen MR) is 91.0 cm³/mol. The zero-order valence-electron chi connectivity index (χ0n) is 14.6. The van der Waals surface area contributed by atoms with Crippen LogP contribution in [0.5, 0.6) is 11.5 Å². The van der Waals surface area contributed by atoms with Crippen LogP contribution in [-0.2, 0) is 16.1 Å². The minimum atomic E-state index is -0.133. The van der Waals surface area contributed by atoms with Crippen molar-refractivity contribution in [1.82, 2.24) is 10.2 Å². The molecule has 0 aliphatic heterocycles. The van der Waals surface area contributed by atoms with Crippen LogP contribution in [-0.4, -0.2) is 43.5 Å². The highest BCUT2D eigenvalue weighted by molar-refractivity contribution is 5.84. The smallest absolute Gasteiger partial charge is 0.239 e. The van der Waals surface area contributed by atoms with Crippen molar-refractivity contribution in [3.63, 3.8) is 0 Å². The van der Waals surface area contributed by atoms with E-state index in [0.717, 1.165) is 31.2 Å². The Labute approximate surface area is 143 Å². The largest absolute Gasteiger partial charge is 0.493 e. The summed E-state index contributed by atoms with van der Waals surface area (Å²) < 4.78 is 10.5. The lowest BCUT2D eigenvalue weighted by molar-refractivity contribution is -0.135. The number of rotatable bonds is 7. The number of hydrogen-bond donors (Lipinski definition) is 1. The number of nitrogens with zero attached hydrogens (tertiary/aromatic N) is 1. The van der Waals surface area contributed by atoms with Gasteiger partial charge in [0, 0.05) is 19.5 Å². The summed E-state index contributed by atoms with van der Waals surface area (Å²) in [6.45, 7) is 1.90. The Hall–Kier alpha value is -2.24. The van der Waals surface area contributed by atoms with Crippen molar-refractivity contribution in [1.29, 1.82) is 0 Å². The van der Waals surface area contributed by atoms with Crippen molar-refractivity contribution in [2.75, 3.05) is 20.8 Å². The van der Waals surface area contributed by atoms with Gasteiger partial charge in [0.05, 0.1) is 20.8 Å². The SMILES string of the molecule is COc1ccc(CN(CC(=O)NC2CCCC2)C(C)=O)cc1OC. The number of methoxy groups -OCH3 is 2. The monoisotopic (exact) mass is 334 g/mol. The molecule has 1 N–H and O–H groups in total. The predicted octanol–water partition coefficient (Wildman–Crippen LogP) is 2.11. The average molecular weight is 334 g/mol. The second kappa shape index (κ2) is 8.57. The third-order valence-electron chi connectivity index (χ3n) is 4.32. The molecule has 1 aromatic rings. The molecule has 24 heavy (non-hydrogen) atoms. The third kappa shape index (κ3) is 4.88. The molecule has 6 heteroatoms. The van der Waals surface area contributed by atoms with Gasteiger partial charge in [-0.25, -0.2) is 0 Å². The molecular formula is C18H26N2O4. The summed E-state index contributed by atoms with van der Waals surface area (Å²) >= 11 is 0. The van der Waals surface area contributed by atoms with Crippen LogP contribution in [0.15, 0.2) is 18.2 Å². The summed E-state index contributed by atoms with van der Waals surface area (Å²) in [6, 6.07) is 5.74. The highest BCUT2D eigenvalue weighted by atomic mass is 16.5. The van der Waals surface area contributed by atoms with Crippen LogP contribution in [0, 0.1) is 0 Å². The molecule has 0 unspecified atom stereocenters. The van der Waals surface area contributed by atoms with Gasteiger partial charge in [-0.2, -0.15) is 0 Å². The molecule has 0 radical (unpaired) electrons. The summed E-state index contributed by atoms with van der Waals surface area (Å²) in [7, 11) is 3.15. The number of amides is 2. The average Bonchev–Trinajstić information content (AvgIpc) is 3.06. The summed E-state index contributed by atoms with van der Waals surface area (Å²) in [5.41, 5.74) is 0.886. The number of ether oxygens (including phenoxy) is 2. The molecular weight excluding hydrogens is 308 g/mol. The van der Waals surface area contributed by atoms with Gasteiger partial charge in [0.25, 0.3) is 0 Å². The molecule has 2 amide bonds. The van der Waals surface area contributed by atoms with Crippen molar-refractivity contribution in [3.05, 3.63) is 23.8 Å². The second-order valence-electron chi connectivity index (χ2n) is 6.11. The van der Waals surface area contributed by atoms with Gasteiger partial charge in [0.1, 0.15) is 0 Å². The maximum Gasteiger partial charge on any atom is 0.239 e. The lowest BCUT2D eigenvalue weighted by Crippen LogP contribution is -2.42. The van der Waals surface area contributed by atoms with Crippen LogP contribution in [0.1, 0.15) is 38.2 Å². The Morgan fingerprint density at radius 2 is 1.83 bits per heavy atom. The molecule has 0 aromatic heterocycles. The van der Waals surface area contributed by atoms with Gasteiger partial charge in [-0.05, 0) is 30.5 Å². The molecule has 1 aromatic carbocycles. The molecule has 1 saturated carbocycles. The molecule has 132 valence electrons. The van der Waals surface area contributed by atoms with Crippen molar-refractivity contribution in [2.24, 2.45) is 0 Å². The van der Waals surface area contributed by atoms with Crippen LogP contribution in [0.25, 0.3) is 0 Å². The summed E-state index contributed by atoms with van der Waals surface area (Å²) in [5.74, 6) is 1.01. The minimum Gasteiger partial charge on any atom is -0.493 e. The topological polar surface area (TPSA) is 67.9 Å². The third-order valence-corrected chi connectivity index (χ3v) is 4.32. The van der Waals surface area contributed by atoms with E-state index in [4.69, 9.17) is 9.47 Å². The first-order chi connectivity index (χ1) is 11.5. The van der Waals surface area contributed by atoms with E-state index in [1.807, 2.05) is 12.1 Å². The van der Waals surface area contributed by atoms with Crippen molar-refractivity contribution >= 4 is 11.8 Å². The van der Waals surface area contributed by atoms with E-state index in [-0.39, 0.29) is 24.4 Å². The molecule has 0 heterocycles. The summed E-state index contributed by atoms with van der Waals surface area (Å²) in [5, 5.41) is 3.01. The van der Waals surface area contributed by atoms with Gasteiger partial charge in [-0.1, -0.05) is 18.9 Å². The van der Waals surface area contributed by atoms with Crippen LogP contribution < -0.4 is 14.8 Å². The lowest BCUT2D eigenvalue weighted by atomic mass is 10.2. The van der Waals surface area contributed by atoms with E-state index in [0.29, 0.717) is 18.0 Å². The second-order valence-corrected chi connectivity index (χ2v) is 6.11. The van der Waals surface area contributed by atoms with Gasteiger partial charge < -0.3 is 19.7 Å². The summed E-state index contributed by atoms with van der Waals surface area (Å²) in [6.07, 6.45) is 4.38. The highest BCUT2D eigenvalue weighted by Crippen LogP contribution is 2.28. The Bertz CT molecular complexity index is 582. The first kappa shape index (κ1) is 18.1. The fourth-order valence-electron chi connectivity index (χ4n) is 2.99. The lowest BCUT2D eigenvalue weighted by Gasteiger charge is -2.22. The molecule has 6 nitrogen and oxygen atoms in total. The fourth-order valence-corrected chi connectivity index (χ4v) is 2.99. The zero-order valence-corrected chi connectivity index (χ0v) is 14.6. The van der Waals surface area contributed by atoms with Gasteiger partial charge in [0.15, 0.2) is 11.5 Å². The van der Waals surface area contributed by atoms with E-state index in [2.05, 4.69) is 5.32 Å². The molecule has 1 fully saturated rings. The number of carbonyl (C=O) groups is 2. The molecule has 0 atom stereocenters. The van der Waals surface area contributed by atoms with E-state index in [1.165, 1.54) is 11.8 Å². The van der Waals surface area contributed by atoms with Gasteiger partial charge in [-0.3, -0.25) is 9.59 Å². The molecule has 1 aliphatic rings. The number of carbonyl (C=O) groups excluding carboxylic acids is 2. The number of benzene rings is 1.